The number of nitrogens with one attached hydrogen (secondary N) is 2. The molecule has 0 aliphatic carbocycles. The number of urea groups is 1. The van der Waals surface area contributed by atoms with Gasteiger partial charge in [-0.25, -0.2) is 4.79 Å². The first-order valence-corrected chi connectivity index (χ1v) is 7.18. The van der Waals surface area contributed by atoms with E-state index in [2.05, 4.69) is 15.7 Å². The number of carbonyl (C=O) groups excluding carboxylic acids is 1. The highest BCUT2D eigenvalue weighted by Gasteiger charge is 2.17. The van der Waals surface area contributed by atoms with Crippen LogP contribution in [0.5, 0.6) is 0 Å². The van der Waals surface area contributed by atoms with E-state index in [0.717, 1.165) is 37.3 Å². The highest BCUT2D eigenvalue weighted by Crippen LogP contribution is 2.16. The molecule has 1 atom stereocenters. The summed E-state index contributed by atoms with van der Waals surface area (Å²) in [4.78, 5) is 11.9. The van der Waals surface area contributed by atoms with E-state index >= 15 is 0 Å². The van der Waals surface area contributed by atoms with Crippen LogP contribution in [0.2, 0.25) is 0 Å². The largest absolute Gasteiger partial charge is 0.381 e. The first kappa shape index (κ1) is 14.8. The Morgan fingerprint density at radius 2 is 2.25 bits per heavy atom. The fraction of sp³-hybridized carbons (Fsp3) is 0.714. The Kier molecular flexibility index (Phi) is 5.00. The molecule has 1 unspecified atom stereocenters. The zero-order valence-corrected chi connectivity index (χ0v) is 12.5. The van der Waals surface area contributed by atoms with Crippen molar-refractivity contribution in [3.05, 3.63) is 17.5 Å². The van der Waals surface area contributed by atoms with Crippen LogP contribution in [-0.2, 0) is 11.8 Å². The zero-order chi connectivity index (χ0) is 14.5. The van der Waals surface area contributed by atoms with Gasteiger partial charge in [0.1, 0.15) is 0 Å². The van der Waals surface area contributed by atoms with Gasteiger partial charge in [0, 0.05) is 38.6 Å². The maximum absolute atomic E-state index is 11.9. The van der Waals surface area contributed by atoms with Crippen molar-refractivity contribution in [3.8, 4) is 0 Å². The molecule has 0 bridgehead atoms. The lowest BCUT2D eigenvalue weighted by Crippen LogP contribution is -2.40. The molecule has 1 fully saturated rings. The summed E-state index contributed by atoms with van der Waals surface area (Å²) >= 11 is 0. The number of hydrogen-bond acceptors (Lipinski definition) is 3. The summed E-state index contributed by atoms with van der Waals surface area (Å²) in [6.45, 7) is 6.25. The van der Waals surface area contributed by atoms with Crippen molar-refractivity contribution in [1.82, 2.24) is 20.4 Å². The van der Waals surface area contributed by atoms with E-state index < -0.39 is 0 Å². The molecular weight excluding hydrogens is 256 g/mol. The van der Waals surface area contributed by atoms with E-state index in [1.807, 2.05) is 27.1 Å². The number of nitrogens with zero attached hydrogens (tertiary/aromatic N) is 2. The minimum atomic E-state index is -0.118. The Hall–Kier alpha value is -1.56. The monoisotopic (exact) mass is 280 g/mol. The standard InChI is InChI=1S/C14H24N4O2/c1-10(13-9-18(3)17-11(13)2)16-14(19)15-8-12-4-6-20-7-5-12/h9-10,12H,4-8H2,1-3H3,(H2,15,16,19). The molecule has 6 nitrogen and oxygen atoms in total. The minimum absolute atomic E-state index is 0.0432. The van der Waals surface area contributed by atoms with Crippen LogP contribution < -0.4 is 10.6 Å². The molecule has 0 aromatic carbocycles. The predicted octanol–water partition coefficient (Wildman–Crippen LogP) is 1.52. The Morgan fingerprint density at radius 3 is 2.85 bits per heavy atom. The van der Waals surface area contributed by atoms with E-state index in [9.17, 15) is 4.79 Å². The van der Waals surface area contributed by atoms with Crippen molar-refractivity contribution >= 4 is 6.03 Å². The minimum Gasteiger partial charge on any atom is -0.381 e. The Balaban J connectivity index is 1.77. The average Bonchev–Trinajstić information content (AvgIpc) is 2.77. The highest BCUT2D eigenvalue weighted by atomic mass is 16.5. The topological polar surface area (TPSA) is 68.2 Å². The molecule has 1 saturated heterocycles. The fourth-order valence-electron chi connectivity index (χ4n) is 2.56. The first-order chi connectivity index (χ1) is 9.56. The van der Waals surface area contributed by atoms with Crippen molar-refractivity contribution in [2.75, 3.05) is 19.8 Å². The maximum Gasteiger partial charge on any atom is 0.315 e. The predicted molar refractivity (Wildman–Crippen MR) is 76.4 cm³/mol. The van der Waals surface area contributed by atoms with Crippen molar-refractivity contribution < 1.29 is 9.53 Å². The summed E-state index contributed by atoms with van der Waals surface area (Å²) in [7, 11) is 1.88. The number of aromatic nitrogens is 2. The van der Waals surface area contributed by atoms with Crippen molar-refractivity contribution in [2.24, 2.45) is 13.0 Å². The van der Waals surface area contributed by atoms with Crippen molar-refractivity contribution in [1.29, 1.82) is 0 Å². The molecule has 2 heterocycles. The molecule has 1 aromatic heterocycles. The molecule has 0 radical (unpaired) electrons. The fourth-order valence-corrected chi connectivity index (χ4v) is 2.56. The summed E-state index contributed by atoms with van der Waals surface area (Å²) in [5.74, 6) is 0.532. The molecule has 1 aliphatic heterocycles. The van der Waals surface area contributed by atoms with Crippen LogP contribution in [-0.4, -0.2) is 35.6 Å². The molecule has 2 amide bonds. The summed E-state index contributed by atoms with van der Waals surface area (Å²) in [6.07, 6.45) is 3.99. The number of ether oxygens (including phenoxy) is 1. The molecule has 0 saturated carbocycles. The number of carbonyl (C=O) groups is 1. The molecule has 1 aromatic rings. The molecule has 20 heavy (non-hydrogen) atoms. The summed E-state index contributed by atoms with van der Waals surface area (Å²) in [6, 6.07) is -0.161. The van der Waals surface area contributed by atoms with Gasteiger partial charge in [0.15, 0.2) is 0 Å². The van der Waals surface area contributed by atoms with Gasteiger partial charge < -0.3 is 15.4 Å². The van der Waals surface area contributed by atoms with Gasteiger partial charge in [0.05, 0.1) is 11.7 Å². The maximum atomic E-state index is 11.9. The van der Waals surface area contributed by atoms with Crippen LogP contribution in [0.15, 0.2) is 6.20 Å². The number of aryl methyl sites for hydroxylation is 2. The van der Waals surface area contributed by atoms with E-state index in [-0.39, 0.29) is 12.1 Å². The van der Waals surface area contributed by atoms with Gasteiger partial charge in [-0.15, -0.1) is 0 Å². The molecule has 1 aliphatic rings. The quantitative estimate of drug-likeness (QED) is 0.878. The van der Waals surface area contributed by atoms with Crippen molar-refractivity contribution in [3.63, 3.8) is 0 Å². The highest BCUT2D eigenvalue weighted by molar-refractivity contribution is 5.74. The molecule has 112 valence electrons. The number of amides is 2. The van der Waals surface area contributed by atoms with E-state index in [1.54, 1.807) is 4.68 Å². The van der Waals surface area contributed by atoms with Gasteiger partial charge >= 0.3 is 6.03 Å². The Morgan fingerprint density at radius 1 is 1.55 bits per heavy atom. The van der Waals surface area contributed by atoms with E-state index in [0.29, 0.717) is 12.5 Å². The SMILES string of the molecule is Cc1nn(C)cc1C(C)NC(=O)NCC1CCOCC1. The second-order valence-electron chi connectivity index (χ2n) is 5.48. The number of rotatable bonds is 4. The lowest BCUT2D eigenvalue weighted by molar-refractivity contribution is 0.0669. The van der Waals surface area contributed by atoms with Gasteiger partial charge in [-0.2, -0.15) is 5.10 Å². The summed E-state index contributed by atoms with van der Waals surface area (Å²) in [5.41, 5.74) is 2.00. The van der Waals surface area contributed by atoms with Gasteiger partial charge in [-0.05, 0) is 32.6 Å². The Labute approximate surface area is 119 Å². The first-order valence-electron chi connectivity index (χ1n) is 7.18. The third-order valence-electron chi connectivity index (χ3n) is 3.76. The van der Waals surface area contributed by atoms with Crippen LogP contribution in [0.1, 0.15) is 37.1 Å². The number of hydrogen-bond donors (Lipinski definition) is 2. The average molecular weight is 280 g/mol. The molecule has 2 N–H and O–H groups in total. The lowest BCUT2D eigenvalue weighted by Gasteiger charge is -2.22. The Bertz CT molecular complexity index is 452. The summed E-state index contributed by atoms with van der Waals surface area (Å²) in [5, 5.41) is 10.2. The van der Waals surface area contributed by atoms with Gasteiger partial charge in [0.2, 0.25) is 0 Å². The lowest BCUT2D eigenvalue weighted by atomic mass is 10.0. The van der Waals surface area contributed by atoms with Gasteiger partial charge in [-0.1, -0.05) is 0 Å². The summed E-state index contributed by atoms with van der Waals surface area (Å²) < 4.78 is 7.07. The van der Waals surface area contributed by atoms with Gasteiger partial charge in [-0.3, -0.25) is 4.68 Å². The third kappa shape index (κ3) is 3.96. The second kappa shape index (κ2) is 6.74. The van der Waals surface area contributed by atoms with Crippen LogP contribution in [0.25, 0.3) is 0 Å². The molecule has 6 heteroatoms. The van der Waals surface area contributed by atoms with E-state index in [4.69, 9.17) is 4.74 Å². The molecule has 2 rings (SSSR count). The van der Waals surface area contributed by atoms with Crippen LogP contribution in [0.3, 0.4) is 0 Å². The molecule has 0 spiro atoms. The van der Waals surface area contributed by atoms with Crippen LogP contribution in [0.4, 0.5) is 4.79 Å². The van der Waals surface area contributed by atoms with Crippen LogP contribution >= 0.6 is 0 Å². The smallest absolute Gasteiger partial charge is 0.315 e. The van der Waals surface area contributed by atoms with E-state index in [1.165, 1.54) is 0 Å². The van der Waals surface area contributed by atoms with Crippen molar-refractivity contribution in [2.45, 2.75) is 32.7 Å². The zero-order valence-electron chi connectivity index (χ0n) is 12.5. The normalized spacial score (nSPS) is 17.8. The molecular formula is C14H24N4O2. The van der Waals surface area contributed by atoms with Crippen LogP contribution in [0, 0.1) is 12.8 Å². The third-order valence-corrected chi connectivity index (χ3v) is 3.76. The second-order valence-corrected chi connectivity index (χ2v) is 5.48. The van der Waals surface area contributed by atoms with Gasteiger partial charge in [0.25, 0.3) is 0 Å².